The molecular weight excluding hydrogens is 645 g/mol. The Morgan fingerprint density at radius 1 is 0.864 bits per heavy atom. The maximum atomic E-state index is 13.1. The first kappa shape index (κ1) is 37.1. The first-order valence-corrected chi connectivity index (χ1v) is 15.2. The third kappa shape index (κ3) is 7.96. The van der Waals surface area contributed by atoms with E-state index < -0.39 is 15.1 Å². The van der Waals surface area contributed by atoms with Crippen molar-refractivity contribution in [2.75, 3.05) is 63.0 Å². The number of hydrogen-bond donors (Lipinski definition) is 2. The molecule has 0 bridgehead atoms. The molecule has 1 aliphatic heterocycles. The van der Waals surface area contributed by atoms with Crippen LogP contribution in [0.3, 0.4) is 0 Å². The van der Waals surface area contributed by atoms with Crippen molar-refractivity contribution in [3.63, 3.8) is 0 Å². The van der Waals surface area contributed by atoms with Crippen LogP contribution in [0.1, 0.15) is 13.8 Å². The van der Waals surface area contributed by atoms with Crippen LogP contribution in [0.2, 0.25) is 0 Å². The van der Waals surface area contributed by atoms with Crippen molar-refractivity contribution in [3.05, 3.63) is 66.7 Å². The minimum atomic E-state index is -3.52. The molecule has 1 aliphatic rings. The van der Waals surface area contributed by atoms with Gasteiger partial charge in [-0.2, -0.15) is 4.98 Å². The van der Waals surface area contributed by atoms with Gasteiger partial charge < -0.3 is 25.3 Å². The van der Waals surface area contributed by atoms with Crippen molar-refractivity contribution in [3.8, 4) is 5.75 Å². The van der Waals surface area contributed by atoms with E-state index in [4.69, 9.17) is 14.7 Å². The molecule has 0 amide bonds. The zero-order valence-corrected chi connectivity index (χ0v) is 28.6. The quantitative estimate of drug-likeness (QED) is 0.213. The number of likely N-dealkylation sites (N-methyl/N-ethyl adjacent to an activating group) is 1. The largest absolute Gasteiger partial charge is 0.494 e. The number of nitrogens with one attached hydrogen (secondary N) is 2. The molecule has 1 fully saturated rings. The van der Waals surface area contributed by atoms with Crippen molar-refractivity contribution in [1.82, 2.24) is 19.9 Å². The van der Waals surface area contributed by atoms with E-state index in [0.29, 0.717) is 34.4 Å². The van der Waals surface area contributed by atoms with Gasteiger partial charge in [-0.25, -0.2) is 18.4 Å². The number of sulfone groups is 1. The molecular formula is C30H40Cl3N7O3S. The van der Waals surface area contributed by atoms with Gasteiger partial charge in [0.2, 0.25) is 5.95 Å². The van der Waals surface area contributed by atoms with Crippen LogP contribution in [0.4, 0.5) is 28.8 Å². The average Bonchev–Trinajstić information content (AvgIpc) is 2.97. The summed E-state index contributed by atoms with van der Waals surface area (Å²) in [6.45, 7) is 7.30. The zero-order chi connectivity index (χ0) is 29.1. The van der Waals surface area contributed by atoms with Crippen LogP contribution in [0.15, 0.2) is 71.6 Å². The van der Waals surface area contributed by atoms with Gasteiger partial charge in [-0.3, -0.25) is 0 Å². The molecule has 0 saturated carbocycles. The summed E-state index contributed by atoms with van der Waals surface area (Å²) in [5.74, 6) is 1.51. The third-order valence-corrected chi connectivity index (χ3v) is 9.59. The van der Waals surface area contributed by atoms with Crippen molar-refractivity contribution in [1.29, 1.82) is 0 Å². The predicted octanol–water partition coefficient (Wildman–Crippen LogP) is 6.17. The number of methoxy groups -OCH3 is 1. The van der Waals surface area contributed by atoms with E-state index in [1.165, 1.54) is 0 Å². The Balaban J connectivity index is 0.00000225. The molecule has 1 aromatic heterocycles. The van der Waals surface area contributed by atoms with Gasteiger partial charge >= 0.3 is 0 Å². The van der Waals surface area contributed by atoms with Gasteiger partial charge in [-0.1, -0.05) is 24.3 Å². The van der Waals surface area contributed by atoms with E-state index in [1.807, 2.05) is 42.5 Å². The van der Waals surface area contributed by atoms with Gasteiger partial charge in [0.05, 0.1) is 39.8 Å². The van der Waals surface area contributed by atoms with Crippen LogP contribution in [-0.4, -0.2) is 80.9 Å². The molecule has 2 heterocycles. The number of benzene rings is 3. The Labute approximate surface area is 278 Å². The summed E-state index contributed by atoms with van der Waals surface area (Å²) < 4.78 is 31.9. The molecule has 0 unspecified atom stereocenters. The number of hydrogen-bond acceptors (Lipinski definition) is 10. The monoisotopic (exact) mass is 683 g/mol. The van der Waals surface area contributed by atoms with Crippen molar-refractivity contribution in [2.45, 2.75) is 24.0 Å². The fraction of sp³-hybridized carbons (Fsp3) is 0.333. The highest BCUT2D eigenvalue weighted by atomic mass is 35.5. The van der Waals surface area contributed by atoms with Crippen LogP contribution in [-0.2, 0) is 9.84 Å². The van der Waals surface area contributed by atoms with Crippen LogP contribution in [0.25, 0.3) is 10.9 Å². The lowest BCUT2D eigenvalue weighted by Crippen LogP contribution is -2.51. The van der Waals surface area contributed by atoms with Gasteiger partial charge in [-0.05, 0) is 57.3 Å². The Kier molecular flexibility index (Phi) is 13.3. The third-order valence-electron chi connectivity index (χ3n) is 7.38. The second-order valence-corrected chi connectivity index (χ2v) is 12.9. The van der Waals surface area contributed by atoms with Gasteiger partial charge in [0.1, 0.15) is 11.6 Å². The molecule has 5 rings (SSSR count). The maximum absolute atomic E-state index is 13.1. The van der Waals surface area contributed by atoms with Crippen LogP contribution in [0, 0.1) is 0 Å². The molecule has 3 aromatic carbocycles. The number of aromatic nitrogens is 2. The van der Waals surface area contributed by atoms with E-state index in [9.17, 15) is 8.42 Å². The number of fused-ring (bicyclic) bond motifs is 1. The molecule has 240 valence electrons. The highest BCUT2D eigenvalue weighted by Crippen LogP contribution is 2.34. The number of halogens is 3. The first-order chi connectivity index (χ1) is 19.7. The highest BCUT2D eigenvalue weighted by Gasteiger charge is 2.23. The molecule has 0 spiro atoms. The molecule has 2 N–H and O–H groups in total. The minimum absolute atomic E-state index is 0. The number of nitrogens with zero attached hydrogens (tertiary/aromatic N) is 5. The standard InChI is InChI=1S/C30H37N7O3S.3ClH/c1-21(2)41(38,39)28-13-9-8-12-26(28)31-29-23-10-6-7-11-24(23)32-30(34-29)33-25-15-14-22(20-27(25)40-5)36(4)37-18-16-35(3)17-19-37;;;/h6-15,20-21H,16-19H2,1-5H3,(H2,31,32,33,34);3*1H. The number of para-hydroxylation sites is 2. The SMILES string of the molecule is COc1cc(N(C)N2CCN(C)CC2)ccc1Nc1nc(Nc2ccccc2S(=O)(=O)C(C)C)c2ccccc2n1.Cl.Cl.Cl. The second-order valence-electron chi connectivity index (χ2n) is 10.4. The summed E-state index contributed by atoms with van der Waals surface area (Å²) in [5, 5.41) is 11.3. The topological polar surface area (TPSA) is 103 Å². The molecule has 0 aliphatic carbocycles. The lowest BCUT2D eigenvalue weighted by molar-refractivity contribution is 0.148. The second kappa shape index (κ2) is 15.8. The number of piperazine rings is 1. The van der Waals surface area contributed by atoms with Gasteiger partial charge in [0.25, 0.3) is 0 Å². The lowest BCUT2D eigenvalue weighted by atomic mass is 10.2. The summed E-state index contributed by atoms with van der Waals surface area (Å²) in [6, 6.07) is 20.5. The zero-order valence-electron chi connectivity index (χ0n) is 25.4. The van der Waals surface area contributed by atoms with Crippen LogP contribution in [0.5, 0.6) is 5.75 Å². The number of rotatable bonds is 9. The molecule has 4 aromatic rings. The van der Waals surface area contributed by atoms with Crippen molar-refractivity contribution in [2.24, 2.45) is 0 Å². The van der Waals surface area contributed by atoms with Crippen LogP contribution >= 0.6 is 37.2 Å². The minimum Gasteiger partial charge on any atom is -0.494 e. The highest BCUT2D eigenvalue weighted by molar-refractivity contribution is 7.92. The van der Waals surface area contributed by atoms with E-state index in [1.54, 1.807) is 45.2 Å². The van der Waals surface area contributed by atoms with Crippen molar-refractivity contribution >= 4 is 86.8 Å². The van der Waals surface area contributed by atoms with Crippen LogP contribution < -0.4 is 20.4 Å². The Morgan fingerprint density at radius 3 is 2.20 bits per heavy atom. The summed E-state index contributed by atoms with van der Waals surface area (Å²) in [4.78, 5) is 12.0. The van der Waals surface area contributed by atoms with E-state index in [0.717, 1.165) is 37.3 Å². The maximum Gasteiger partial charge on any atom is 0.229 e. The Morgan fingerprint density at radius 2 is 1.52 bits per heavy atom. The molecule has 10 nitrogen and oxygen atoms in total. The molecule has 44 heavy (non-hydrogen) atoms. The van der Waals surface area contributed by atoms with E-state index in [-0.39, 0.29) is 42.1 Å². The summed E-state index contributed by atoms with van der Waals surface area (Å²) in [7, 11) is 2.33. The predicted molar refractivity (Wildman–Crippen MR) is 187 cm³/mol. The van der Waals surface area contributed by atoms with Crippen molar-refractivity contribution < 1.29 is 13.2 Å². The molecule has 0 radical (unpaired) electrons. The van der Waals surface area contributed by atoms with Gasteiger partial charge in [0, 0.05) is 44.7 Å². The summed E-state index contributed by atoms with van der Waals surface area (Å²) in [5.41, 5.74) is 2.90. The fourth-order valence-electron chi connectivity index (χ4n) is 4.79. The average molecular weight is 685 g/mol. The van der Waals surface area contributed by atoms with Gasteiger partial charge in [0.15, 0.2) is 9.84 Å². The summed E-state index contributed by atoms with van der Waals surface area (Å²) >= 11 is 0. The van der Waals surface area contributed by atoms with E-state index in [2.05, 4.69) is 39.6 Å². The molecule has 0 atom stereocenters. The fourth-order valence-corrected chi connectivity index (χ4v) is 5.99. The molecule has 14 heteroatoms. The smallest absolute Gasteiger partial charge is 0.229 e. The number of hydrazine groups is 1. The number of ether oxygens (including phenoxy) is 1. The lowest BCUT2D eigenvalue weighted by Gasteiger charge is -2.39. The number of anilines is 5. The summed E-state index contributed by atoms with van der Waals surface area (Å²) in [6.07, 6.45) is 0. The Hall–Kier alpha value is -3.06. The van der Waals surface area contributed by atoms with Gasteiger partial charge in [-0.15, -0.1) is 37.2 Å². The first-order valence-electron chi connectivity index (χ1n) is 13.7. The molecule has 1 saturated heterocycles. The van der Waals surface area contributed by atoms with E-state index >= 15 is 0 Å². The normalized spacial score (nSPS) is 13.8. The Bertz CT molecular complexity index is 1650.